The largest absolute Gasteiger partial charge is 0.456 e. The second-order valence-corrected chi connectivity index (χ2v) is 6.80. The predicted molar refractivity (Wildman–Crippen MR) is 112 cm³/mol. The van der Waals surface area contributed by atoms with E-state index in [1.807, 2.05) is 36.5 Å². The number of nitrogen functional groups attached to an aromatic ring is 1. The van der Waals surface area contributed by atoms with Gasteiger partial charge >= 0.3 is 0 Å². The zero-order valence-electron chi connectivity index (χ0n) is 14.8. The fourth-order valence-corrected chi connectivity index (χ4v) is 3.87. The average molecular weight is 362 g/mol. The van der Waals surface area contributed by atoms with Crippen LogP contribution in [0.3, 0.4) is 0 Å². The number of nitrogens with two attached hydrogens (primary N) is 1. The minimum atomic E-state index is 0.262. The van der Waals surface area contributed by atoms with Gasteiger partial charge in [0.25, 0.3) is 0 Å². The Morgan fingerprint density at radius 1 is 0.750 bits per heavy atom. The second kappa shape index (κ2) is 5.50. The Labute approximate surface area is 159 Å². The molecule has 0 spiro atoms. The molecule has 0 aliphatic rings. The van der Waals surface area contributed by atoms with Gasteiger partial charge in [0.15, 0.2) is 0 Å². The molecule has 28 heavy (non-hydrogen) atoms. The van der Waals surface area contributed by atoms with Crippen LogP contribution in [-0.2, 0) is 0 Å². The van der Waals surface area contributed by atoms with Gasteiger partial charge in [0.2, 0.25) is 5.95 Å². The Hall–Kier alpha value is -3.99. The van der Waals surface area contributed by atoms with Gasteiger partial charge in [0.1, 0.15) is 11.2 Å². The third-order valence-electron chi connectivity index (χ3n) is 5.15. The van der Waals surface area contributed by atoms with Gasteiger partial charge in [-0.1, -0.05) is 30.3 Å². The van der Waals surface area contributed by atoms with Crippen molar-refractivity contribution in [3.05, 3.63) is 73.1 Å². The Morgan fingerprint density at radius 2 is 1.64 bits per heavy atom. The maximum atomic E-state index is 6.09. The zero-order valence-corrected chi connectivity index (χ0v) is 14.8. The van der Waals surface area contributed by atoms with Crippen molar-refractivity contribution < 1.29 is 4.42 Å². The van der Waals surface area contributed by atoms with E-state index >= 15 is 0 Å². The van der Waals surface area contributed by atoms with Gasteiger partial charge in [0, 0.05) is 39.5 Å². The predicted octanol–water partition coefficient (Wildman–Crippen LogP) is 5.33. The summed E-state index contributed by atoms with van der Waals surface area (Å²) in [6.07, 6.45) is 3.56. The summed E-state index contributed by atoms with van der Waals surface area (Å²) < 4.78 is 5.91. The van der Waals surface area contributed by atoms with Gasteiger partial charge in [-0.25, -0.2) is 9.97 Å². The summed E-state index contributed by atoms with van der Waals surface area (Å²) in [5.74, 6) is 0.262. The van der Waals surface area contributed by atoms with E-state index in [9.17, 15) is 0 Å². The van der Waals surface area contributed by atoms with Crippen LogP contribution in [0.25, 0.3) is 54.9 Å². The van der Waals surface area contributed by atoms with Crippen LogP contribution in [0.1, 0.15) is 0 Å². The number of nitrogens with zero attached hydrogens (tertiary/aromatic N) is 3. The van der Waals surface area contributed by atoms with E-state index in [-0.39, 0.29) is 5.95 Å². The summed E-state index contributed by atoms with van der Waals surface area (Å²) in [4.78, 5) is 13.3. The molecule has 0 aliphatic carbocycles. The van der Waals surface area contributed by atoms with Crippen molar-refractivity contribution >= 4 is 49.6 Å². The average Bonchev–Trinajstić information content (AvgIpc) is 3.11. The molecule has 132 valence electrons. The summed E-state index contributed by atoms with van der Waals surface area (Å²) in [5, 5.41) is 5.15. The molecule has 0 radical (unpaired) electrons. The van der Waals surface area contributed by atoms with E-state index < -0.39 is 0 Å². The molecule has 0 amide bonds. The van der Waals surface area contributed by atoms with Crippen LogP contribution in [-0.4, -0.2) is 15.0 Å². The highest BCUT2D eigenvalue weighted by atomic mass is 16.3. The first kappa shape index (κ1) is 15.1. The van der Waals surface area contributed by atoms with Gasteiger partial charge in [-0.2, -0.15) is 0 Å². The van der Waals surface area contributed by atoms with E-state index in [4.69, 9.17) is 10.2 Å². The topological polar surface area (TPSA) is 77.8 Å². The molecule has 0 aliphatic heterocycles. The number of benzene rings is 3. The maximum Gasteiger partial charge on any atom is 0.221 e. The van der Waals surface area contributed by atoms with E-state index in [0.717, 1.165) is 54.9 Å². The molecule has 0 saturated carbocycles. The van der Waals surface area contributed by atoms with Crippen LogP contribution >= 0.6 is 0 Å². The number of fused-ring (bicyclic) bond motifs is 6. The molecule has 5 nitrogen and oxygen atoms in total. The van der Waals surface area contributed by atoms with Crippen LogP contribution in [0, 0.1) is 0 Å². The molecule has 5 heteroatoms. The smallest absolute Gasteiger partial charge is 0.221 e. The lowest BCUT2D eigenvalue weighted by Gasteiger charge is -2.09. The quantitative estimate of drug-likeness (QED) is 0.400. The van der Waals surface area contributed by atoms with Crippen molar-refractivity contribution in [2.45, 2.75) is 0 Å². The van der Waals surface area contributed by atoms with Gasteiger partial charge in [0.05, 0.1) is 11.2 Å². The molecule has 0 fully saturated rings. The number of anilines is 1. The molecule has 6 rings (SSSR count). The van der Waals surface area contributed by atoms with Gasteiger partial charge < -0.3 is 10.2 Å². The standard InChI is InChI=1S/C23H14N4O/c24-23-26-21(16-7-5-13-3-1-2-4-15(13)22(16)27-23)14-6-8-19-17(11-14)18-12-25-10-9-20(18)28-19/h1-12H,(H2,24,26,27). The number of hydrogen-bond donors (Lipinski definition) is 1. The molecule has 6 aromatic rings. The molecule has 3 aromatic heterocycles. The summed E-state index contributed by atoms with van der Waals surface area (Å²) >= 11 is 0. The van der Waals surface area contributed by atoms with Crippen molar-refractivity contribution in [3.8, 4) is 11.3 Å². The number of rotatable bonds is 1. The van der Waals surface area contributed by atoms with E-state index in [2.05, 4.69) is 45.3 Å². The molecule has 3 aromatic carbocycles. The third kappa shape index (κ3) is 2.10. The van der Waals surface area contributed by atoms with Crippen molar-refractivity contribution in [1.82, 2.24) is 15.0 Å². The normalized spacial score (nSPS) is 11.7. The second-order valence-electron chi connectivity index (χ2n) is 6.80. The Bertz CT molecular complexity index is 1530. The van der Waals surface area contributed by atoms with Crippen LogP contribution < -0.4 is 5.73 Å². The summed E-state index contributed by atoms with van der Waals surface area (Å²) in [6.45, 7) is 0. The summed E-state index contributed by atoms with van der Waals surface area (Å²) in [6, 6.07) is 20.3. The Morgan fingerprint density at radius 3 is 2.61 bits per heavy atom. The molecule has 0 unspecified atom stereocenters. The van der Waals surface area contributed by atoms with Crippen molar-refractivity contribution in [2.75, 3.05) is 5.73 Å². The van der Waals surface area contributed by atoms with Crippen molar-refractivity contribution in [1.29, 1.82) is 0 Å². The number of furan rings is 1. The molecule has 0 bridgehead atoms. The highest BCUT2D eigenvalue weighted by molar-refractivity contribution is 6.11. The van der Waals surface area contributed by atoms with E-state index in [0.29, 0.717) is 0 Å². The Kier molecular flexibility index (Phi) is 2.97. The number of hydrogen-bond acceptors (Lipinski definition) is 5. The lowest BCUT2D eigenvalue weighted by atomic mass is 10.0. The molecular weight excluding hydrogens is 348 g/mol. The first-order valence-corrected chi connectivity index (χ1v) is 8.99. The SMILES string of the molecule is Nc1nc(-c2ccc3oc4ccncc4c3c2)c2ccc3ccccc3c2n1. The number of pyridine rings is 1. The fourth-order valence-electron chi connectivity index (χ4n) is 3.87. The van der Waals surface area contributed by atoms with Gasteiger partial charge in [-0.3, -0.25) is 4.98 Å². The van der Waals surface area contributed by atoms with Crippen LogP contribution in [0.15, 0.2) is 77.5 Å². The highest BCUT2D eigenvalue weighted by Crippen LogP contribution is 2.35. The van der Waals surface area contributed by atoms with Crippen LogP contribution in [0.5, 0.6) is 0 Å². The molecular formula is C23H14N4O. The first-order valence-electron chi connectivity index (χ1n) is 8.99. The molecule has 0 saturated heterocycles. The molecule has 0 atom stereocenters. The minimum absolute atomic E-state index is 0.262. The molecule has 3 heterocycles. The van der Waals surface area contributed by atoms with Crippen LogP contribution in [0.4, 0.5) is 5.95 Å². The number of aromatic nitrogens is 3. The maximum absolute atomic E-state index is 6.09. The zero-order chi connectivity index (χ0) is 18.7. The monoisotopic (exact) mass is 362 g/mol. The van der Waals surface area contributed by atoms with Gasteiger partial charge in [-0.15, -0.1) is 0 Å². The van der Waals surface area contributed by atoms with Crippen molar-refractivity contribution in [3.63, 3.8) is 0 Å². The van der Waals surface area contributed by atoms with Gasteiger partial charge in [-0.05, 0) is 35.7 Å². The lowest BCUT2D eigenvalue weighted by molar-refractivity contribution is 0.668. The lowest BCUT2D eigenvalue weighted by Crippen LogP contribution is -1.98. The third-order valence-corrected chi connectivity index (χ3v) is 5.15. The summed E-state index contributed by atoms with van der Waals surface area (Å²) in [5.41, 5.74) is 10.4. The Balaban J connectivity index is 1.70. The van der Waals surface area contributed by atoms with E-state index in [1.165, 1.54) is 0 Å². The molecule has 2 N–H and O–H groups in total. The van der Waals surface area contributed by atoms with Crippen molar-refractivity contribution in [2.24, 2.45) is 0 Å². The first-order chi connectivity index (χ1) is 13.8. The van der Waals surface area contributed by atoms with Crippen LogP contribution in [0.2, 0.25) is 0 Å². The summed E-state index contributed by atoms with van der Waals surface area (Å²) in [7, 11) is 0. The minimum Gasteiger partial charge on any atom is -0.456 e. The fraction of sp³-hybridized carbons (Fsp3) is 0. The highest BCUT2D eigenvalue weighted by Gasteiger charge is 2.14. The van der Waals surface area contributed by atoms with E-state index in [1.54, 1.807) is 6.20 Å².